The van der Waals surface area contributed by atoms with Gasteiger partial charge in [-0.25, -0.2) is 4.98 Å². The first-order valence-electron chi connectivity index (χ1n) is 5.24. The SMILES string of the molecule is O=c1/c(=C/c2ccccc2[N+](=O)[O-])sc2ncnn12. The number of para-hydroxylation sites is 1. The van der Waals surface area contributed by atoms with E-state index < -0.39 is 4.92 Å². The highest BCUT2D eigenvalue weighted by Crippen LogP contribution is 2.18. The molecule has 7 nitrogen and oxygen atoms in total. The zero-order chi connectivity index (χ0) is 13.4. The van der Waals surface area contributed by atoms with Crippen molar-refractivity contribution in [1.82, 2.24) is 14.6 Å². The van der Waals surface area contributed by atoms with Crippen LogP contribution < -0.4 is 10.1 Å². The van der Waals surface area contributed by atoms with Crippen molar-refractivity contribution >= 4 is 28.1 Å². The minimum absolute atomic E-state index is 0.0408. The van der Waals surface area contributed by atoms with E-state index in [1.807, 2.05) is 0 Å². The van der Waals surface area contributed by atoms with E-state index in [0.29, 0.717) is 15.1 Å². The number of nitro benzene ring substituents is 1. The Morgan fingerprint density at radius 1 is 1.37 bits per heavy atom. The summed E-state index contributed by atoms with van der Waals surface area (Å²) in [6.07, 6.45) is 2.78. The molecule has 19 heavy (non-hydrogen) atoms. The third kappa shape index (κ3) is 1.87. The zero-order valence-electron chi connectivity index (χ0n) is 9.39. The topological polar surface area (TPSA) is 90.4 Å². The number of nitrogens with zero attached hydrogens (tertiary/aromatic N) is 4. The van der Waals surface area contributed by atoms with Crippen molar-refractivity contribution in [3.8, 4) is 0 Å². The van der Waals surface area contributed by atoms with Crippen molar-refractivity contribution in [1.29, 1.82) is 0 Å². The van der Waals surface area contributed by atoms with Crippen LogP contribution in [0.4, 0.5) is 5.69 Å². The van der Waals surface area contributed by atoms with Crippen LogP contribution in [-0.4, -0.2) is 19.5 Å². The van der Waals surface area contributed by atoms with Crippen LogP contribution in [0.2, 0.25) is 0 Å². The molecule has 8 heteroatoms. The summed E-state index contributed by atoms with van der Waals surface area (Å²) in [6, 6.07) is 6.25. The molecule has 94 valence electrons. The molecule has 0 bridgehead atoms. The van der Waals surface area contributed by atoms with Crippen molar-refractivity contribution in [2.24, 2.45) is 0 Å². The molecule has 0 spiro atoms. The molecule has 3 aromatic rings. The molecule has 0 saturated heterocycles. The molecule has 0 saturated carbocycles. The fourth-order valence-electron chi connectivity index (χ4n) is 1.69. The molecule has 0 unspecified atom stereocenters. The van der Waals surface area contributed by atoms with E-state index in [0.717, 1.165) is 11.3 Å². The van der Waals surface area contributed by atoms with Gasteiger partial charge in [0.05, 0.1) is 15.0 Å². The van der Waals surface area contributed by atoms with Crippen LogP contribution >= 0.6 is 11.3 Å². The van der Waals surface area contributed by atoms with Crippen LogP contribution in [0.3, 0.4) is 0 Å². The minimum atomic E-state index is -0.479. The summed E-state index contributed by atoms with van der Waals surface area (Å²) in [5, 5.41) is 14.7. The number of benzene rings is 1. The predicted octanol–water partition coefficient (Wildman–Crippen LogP) is 0.607. The minimum Gasteiger partial charge on any atom is -0.266 e. The molecule has 0 aliphatic heterocycles. The molecule has 0 aliphatic rings. The summed E-state index contributed by atoms with van der Waals surface area (Å²) >= 11 is 1.14. The van der Waals surface area contributed by atoms with Crippen LogP contribution in [0, 0.1) is 10.1 Å². The van der Waals surface area contributed by atoms with E-state index in [2.05, 4.69) is 10.1 Å². The number of nitro groups is 1. The van der Waals surface area contributed by atoms with Gasteiger partial charge >= 0.3 is 0 Å². The van der Waals surface area contributed by atoms with Gasteiger partial charge < -0.3 is 0 Å². The Hall–Kier alpha value is -2.61. The maximum Gasteiger partial charge on any atom is 0.291 e. The average Bonchev–Trinajstić information content (AvgIpc) is 2.95. The zero-order valence-corrected chi connectivity index (χ0v) is 10.2. The molecule has 0 aliphatic carbocycles. The molecule has 0 radical (unpaired) electrons. The second-order valence-electron chi connectivity index (χ2n) is 3.69. The Morgan fingerprint density at radius 3 is 2.89 bits per heavy atom. The van der Waals surface area contributed by atoms with Crippen molar-refractivity contribution in [2.75, 3.05) is 0 Å². The fraction of sp³-hybridized carbons (Fsp3) is 0. The molecule has 0 N–H and O–H groups in total. The van der Waals surface area contributed by atoms with Gasteiger partial charge in [0.2, 0.25) is 4.96 Å². The highest BCUT2D eigenvalue weighted by Gasteiger charge is 2.11. The molecule has 0 amide bonds. The monoisotopic (exact) mass is 274 g/mol. The van der Waals surface area contributed by atoms with Crippen LogP contribution in [0.5, 0.6) is 0 Å². The van der Waals surface area contributed by atoms with Gasteiger partial charge in [0.1, 0.15) is 6.33 Å². The van der Waals surface area contributed by atoms with E-state index in [9.17, 15) is 14.9 Å². The number of thiazole rings is 1. The second kappa shape index (κ2) is 4.25. The van der Waals surface area contributed by atoms with E-state index in [1.54, 1.807) is 18.2 Å². The quantitative estimate of drug-likeness (QED) is 0.504. The smallest absolute Gasteiger partial charge is 0.266 e. The lowest BCUT2D eigenvalue weighted by Gasteiger charge is -1.94. The predicted molar refractivity (Wildman–Crippen MR) is 69.0 cm³/mol. The third-order valence-electron chi connectivity index (χ3n) is 2.54. The molecule has 2 heterocycles. The van der Waals surface area contributed by atoms with Crippen LogP contribution in [0.15, 0.2) is 35.4 Å². The fourth-order valence-corrected chi connectivity index (χ4v) is 2.57. The van der Waals surface area contributed by atoms with Gasteiger partial charge in [-0.1, -0.05) is 23.5 Å². The number of hydrogen-bond donors (Lipinski definition) is 0. The van der Waals surface area contributed by atoms with E-state index >= 15 is 0 Å². The van der Waals surface area contributed by atoms with Crippen molar-refractivity contribution in [3.05, 3.63) is 61.2 Å². The van der Waals surface area contributed by atoms with Crippen molar-refractivity contribution in [2.45, 2.75) is 0 Å². The first-order valence-corrected chi connectivity index (χ1v) is 6.06. The lowest BCUT2D eigenvalue weighted by Crippen LogP contribution is -2.23. The molecule has 1 aromatic carbocycles. The second-order valence-corrected chi connectivity index (χ2v) is 4.70. The Bertz CT molecular complexity index is 883. The van der Waals surface area contributed by atoms with Crippen molar-refractivity contribution in [3.63, 3.8) is 0 Å². The summed E-state index contributed by atoms with van der Waals surface area (Å²) in [4.78, 5) is 26.7. The Morgan fingerprint density at radius 2 is 2.16 bits per heavy atom. The van der Waals surface area contributed by atoms with Gasteiger partial charge in [-0.2, -0.15) is 9.61 Å². The molecule has 0 fully saturated rings. The van der Waals surface area contributed by atoms with Gasteiger partial charge in [-0.3, -0.25) is 14.9 Å². The molecule has 3 rings (SSSR count). The normalized spacial score (nSPS) is 12.1. The third-order valence-corrected chi connectivity index (χ3v) is 3.51. The lowest BCUT2D eigenvalue weighted by atomic mass is 10.2. The summed E-state index contributed by atoms with van der Waals surface area (Å²) in [5.74, 6) is 0. The van der Waals surface area contributed by atoms with E-state index in [4.69, 9.17) is 0 Å². The van der Waals surface area contributed by atoms with Gasteiger partial charge in [0, 0.05) is 6.07 Å². The highest BCUT2D eigenvalue weighted by atomic mass is 32.1. The van der Waals surface area contributed by atoms with Gasteiger partial charge in [0.25, 0.3) is 11.2 Å². The van der Waals surface area contributed by atoms with E-state index in [-0.39, 0.29) is 11.2 Å². The first-order chi connectivity index (χ1) is 9.16. The van der Waals surface area contributed by atoms with E-state index in [1.165, 1.54) is 23.0 Å². The number of hydrogen-bond acceptors (Lipinski definition) is 6. The Kier molecular flexibility index (Phi) is 2.57. The summed E-state index contributed by atoms with van der Waals surface area (Å²) in [5.41, 5.74) is 0.0191. The largest absolute Gasteiger partial charge is 0.291 e. The Labute approximate surface area is 109 Å². The molecule has 2 aromatic heterocycles. The number of rotatable bonds is 2. The maximum atomic E-state index is 11.9. The molecule has 0 atom stereocenters. The summed E-state index contributed by atoms with van der Waals surface area (Å²) in [7, 11) is 0. The van der Waals surface area contributed by atoms with Crippen LogP contribution in [0.1, 0.15) is 5.56 Å². The van der Waals surface area contributed by atoms with Crippen LogP contribution in [-0.2, 0) is 0 Å². The summed E-state index contributed by atoms with van der Waals surface area (Å²) in [6.45, 7) is 0. The Balaban J connectivity index is 2.26. The van der Waals surface area contributed by atoms with Gasteiger partial charge in [-0.05, 0) is 12.1 Å². The van der Waals surface area contributed by atoms with Gasteiger partial charge in [0.15, 0.2) is 0 Å². The van der Waals surface area contributed by atoms with Crippen LogP contribution in [0.25, 0.3) is 11.0 Å². The van der Waals surface area contributed by atoms with Gasteiger partial charge in [-0.15, -0.1) is 0 Å². The molecular weight excluding hydrogens is 268 g/mol. The molecular formula is C11H6N4O3S. The standard InChI is InChI=1S/C11H6N4O3S/c16-10-9(19-11-12-6-13-14(10)11)5-7-3-1-2-4-8(7)15(17)18/h1-6H/b9-5-. The summed E-state index contributed by atoms with van der Waals surface area (Å²) < 4.78 is 1.54. The lowest BCUT2D eigenvalue weighted by molar-refractivity contribution is -0.385. The highest BCUT2D eigenvalue weighted by molar-refractivity contribution is 7.15. The number of aromatic nitrogens is 3. The van der Waals surface area contributed by atoms with Crippen molar-refractivity contribution < 1.29 is 4.92 Å². The maximum absolute atomic E-state index is 11.9. The first kappa shape index (κ1) is 11.5. The number of fused-ring (bicyclic) bond motifs is 1. The average molecular weight is 274 g/mol.